The number of fused-ring (bicyclic) bond motifs is 1. The Balaban J connectivity index is 2.34. The number of ether oxygens (including phenoxy) is 2. The zero-order valence-electron chi connectivity index (χ0n) is 10.3. The van der Waals surface area contributed by atoms with Gasteiger partial charge in [0.15, 0.2) is 0 Å². The Morgan fingerprint density at radius 1 is 1.37 bits per heavy atom. The number of carbonyl (C=O) groups is 2. The summed E-state index contributed by atoms with van der Waals surface area (Å²) in [5, 5.41) is 9.87. The summed E-state index contributed by atoms with van der Waals surface area (Å²) < 4.78 is 9.42. The molecule has 1 aromatic carbocycles. The van der Waals surface area contributed by atoms with Crippen molar-refractivity contribution in [1.82, 2.24) is 4.98 Å². The Kier molecular flexibility index (Phi) is 3.70. The molecule has 100 valence electrons. The molecular formula is C13H13NO5. The summed E-state index contributed by atoms with van der Waals surface area (Å²) >= 11 is 0. The van der Waals surface area contributed by atoms with Crippen molar-refractivity contribution in [3.63, 3.8) is 0 Å². The van der Waals surface area contributed by atoms with Gasteiger partial charge < -0.3 is 19.6 Å². The third-order valence-electron chi connectivity index (χ3n) is 2.60. The Bertz CT molecular complexity index is 604. The average molecular weight is 263 g/mol. The molecule has 0 fully saturated rings. The van der Waals surface area contributed by atoms with Crippen molar-refractivity contribution in [2.75, 3.05) is 6.61 Å². The van der Waals surface area contributed by atoms with Gasteiger partial charge in [0.05, 0.1) is 6.61 Å². The number of carboxylic acids is 1. The second-order valence-corrected chi connectivity index (χ2v) is 3.81. The molecule has 2 rings (SSSR count). The molecule has 2 aromatic rings. The van der Waals surface area contributed by atoms with Crippen LogP contribution in [0.4, 0.5) is 4.79 Å². The molecule has 2 N–H and O–H groups in total. The van der Waals surface area contributed by atoms with Crippen LogP contribution in [0.1, 0.15) is 18.6 Å². The molecule has 0 aliphatic heterocycles. The van der Waals surface area contributed by atoms with Crippen LogP contribution in [0.5, 0.6) is 0 Å². The van der Waals surface area contributed by atoms with Gasteiger partial charge in [-0.3, -0.25) is 0 Å². The number of para-hydroxylation sites is 1. The molecule has 6 nitrogen and oxygen atoms in total. The van der Waals surface area contributed by atoms with Crippen LogP contribution in [0, 0.1) is 0 Å². The van der Waals surface area contributed by atoms with Crippen LogP contribution < -0.4 is 0 Å². The predicted molar refractivity (Wildman–Crippen MR) is 66.8 cm³/mol. The molecule has 0 saturated carbocycles. The molecule has 1 heterocycles. The van der Waals surface area contributed by atoms with E-state index in [1.165, 1.54) is 6.20 Å². The highest BCUT2D eigenvalue weighted by atomic mass is 16.7. The average Bonchev–Trinajstić information content (AvgIpc) is 2.79. The van der Waals surface area contributed by atoms with E-state index in [2.05, 4.69) is 9.72 Å². The fraction of sp³-hybridized carbons (Fsp3) is 0.231. The normalized spacial score (nSPS) is 12.1. The number of hydrogen-bond acceptors (Lipinski definition) is 4. The Labute approximate surface area is 108 Å². The third-order valence-corrected chi connectivity index (χ3v) is 2.60. The monoisotopic (exact) mass is 263 g/mol. The summed E-state index contributed by atoms with van der Waals surface area (Å²) in [5.74, 6) is -1.25. The molecule has 0 spiro atoms. The highest BCUT2D eigenvalue weighted by molar-refractivity contribution is 5.89. The summed E-state index contributed by atoms with van der Waals surface area (Å²) in [4.78, 5) is 25.4. The van der Waals surface area contributed by atoms with Crippen molar-refractivity contribution >= 4 is 23.0 Å². The predicted octanol–water partition coefficient (Wildman–Crippen LogP) is 2.47. The maximum Gasteiger partial charge on any atom is 0.509 e. The van der Waals surface area contributed by atoms with Crippen LogP contribution in [-0.4, -0.2) is 28.8 Å². The van der Waals surface area contributed by atoms with Gasteiger partial charge in [0.2, 0.25) is 6.10 Å². The second-order valence-electron chi connectivity index (χ2n) is 3.81. The first-order chi connectivity index (χ1) is 9.13. The number of H-pyrrole nitrogens is 1. The van der Waals surface area contributed by atoms with E-state index in [4.69, 9.17) is 4.74 Å². The maximum absolute atomic E-state index is 11.3. The number of aliphatic carboxylic acids is 1. The zero-order chi connectivity index (χ0) is 13.8. The smallest absolute Gasteiger partial charge is 0.478 e. The SMILES string of the molecule is CCOC(=O)OC(C(=O)O)c1c[nH]c2ccccc12. The van der Waals surface area contributed by atoms with Crippen LogP contribution in [0.25, 0.3) is 10.9 Å². The lowest BCUT2D eigenvalue weighted by Crippen LogP contribution is -2.19. The van der Waals surface area contributed by atoms with Gasteiger partial charge in [-0.25, -0.2) is 9.59 Å². The van der Waals surface area contributed by atoms with Crippen LogP contribution in [0.15, 0.2) is 30.5 Å². The molecule has 1 atom stereocenters. The quantitative estimate of drug-likeness (QED) is 0.827. The topological polar surface area (TPSA) is 88.6 Å². The van der Waals surface area contributed by atoms with E-state index in [1.807, 2.05) is 12.1 Å². The third kappa shape index (κ3) is 2.67. The van der Waals surface area contributed by atoms with Crippen molar-refractivity contribution in [3.05, 3.63) is 36.0 Å². The van der Waals surface area contributed by atoms with Gasteiger partial charge in [0, 0.05) is 22.7 Å². The minimum absolute atomic E-state index is 0.124. The minimum atomic E-state index is -1.39. The van der Waals surface area contributed by atoms with E-state index in [-0.39, 0.29) is 6.61 Å². The second kappa shape index (κ2) is 5.43. The number of aromatic amines is 1. The van der Waals surface area contributed by atoms with Crippen molar-refractivity contribution < 1.29 is 24.2 Å². The lowest BCUT2D eigenvalue weighted by molar-refractivity contribution is -0.148. The first-order valence-corrected chi connectivity index (χ1v) is 5.75. The Morgan fingerprint density at radius 3 is 2.79 bits per heavy atom. The van der Waals surface area contributed by atoms with Crippen LogP contribution in [0.3, 0.4) is 0 Å². The Hall–Kier alpha value is -2.50. The molecule has 0 radical (unpaired) electrons. The lowest BCUT2D eigenvalue weighted by Gasteiger charge is -2.12. The number of carbonyl (C=O) groups excluding carboxylic acids is 1. The highest BCUT2D eigenvalue weighted by Gasteiger charge is 2.27. The number of hydrogen-bond donors (Lipinski definition) is 2. The van der Waals surface area contributed by atoms with Crippen molar-refractivity contribution in [3.8, 4) is 0 Å². The van der Waals surface area contributed by atoms with Crippen LogP contribution >= 0.6 is 0 Å². The molecule has 19 heavy (non-hydrogen) atoms. The largest absolute Gasteiger partial charge is 0.509 e. The molecule has 1 unspecified atom stereocenters. The molecule has 0 amide bonds. The van der Waals surface area contributed by atoms with Gasteiger partial charge in [-0.05, 0) is 13.0 Å². The number of aromatic nitrogens is 1. The Morgan fingerprint density at radius 2 is 2.11 bits per heavy atom. The summed E-state index contributed by atoms with van der Waals surface area (Å²) in [5.41, 5.74) is 1.16. The van der Waals surface area contributed by atoms with Gasteiger partial charge in [0.25, 0.3) is 0 Å². The van der Waals surface area contributed by atoms with Crippen LogP contribution in [0.2, 0.25) is 0 Å². The molecule has 6 heteroatoms. The van der Waals surface area contributed by atoms with Crippen molar-refractivity contribution in [2.45, 2.75) is 13.0 Å². The molecule has 0 saturated heterocycles. The molecule has 0 aliphatic carbocycles. The number of rotatable bonds is 4. The summed E-state index contributed by atoms with van der Waals surface area (Å²) in [7, 11) is 0. The summed E-state index contributed by atoms with van der Waals surface area (Å²) in [6.07, 6.45) is -0.877. The number of carboxylic acid groups (broad SMARTS) is 1. The van der Waals surface area contributed by atoms with E-state index in [9.17, 15) is 14.7 Å². The van der Waals surface area contributed by atoms with Crippen LogP contribution in [-0.2, 0) is 14.3 Å². The fourth-order valence-corrected chi connectivity index (χ4v) is 1.81. The van der Waals surface area contributed by atoms with Gasteiger partial charge >= 0.3 is 12.1 Å². The van der Waals surface area contributed by atoms with E-state index in [0.717, 1.165) is 5.52 Å². The summed E-state index contributed by atoms with van der Waals surface area (Å²) in [6.45, 7) is 1.74. The standard InChI is InChI=1S/C13H13NO5/c1-2-18-13(17)19-11(12(15)16)9-7-14-10-6-4-3-5-8(9)10/h3-7,11,14H,2H2,1H3,(H,15,16). The molecule has 0 bridgehead atoms. The zero-order valence-corrected chi connectivity index (χ0v) is 10.3. The van der Waals surface area contributed by atoms with E-state index < -0.39 is 18.2 Å². The number of benzene rings is 1. The molecular weight excluding hydrogens is 250 g/mol. The molecule has 1 aromatic heterocycles. The lowest BCUT2D eigenvalue weighted by atomic mass is 10.1. The molecule has 0 aliphatic rings. The highest BCUT2D eigenvalue weighted by Crippen LogP contribution is 2.27. The number of nitrogens with one attached hydrogen (secondary N) is 1. The first kappa shape index (κ1) is 12.9. The van der Waals surface area contributed by atoms with Gasteiger partial charge in [-0.1, -0.05) is 18.2 Å². The van der Waals surface area contributed by atoms with Gasteiger partial charge in [-0.15, -0.1) is 0 Å². The van der Waals surface area contributed by atoms with Crippen molar-refractivity contribution in [1.29, 1.82) is 0 Å². The van der Waals surface area contributed by atoms with Crippen molar-refractivity contribution in [2.24, 2.45) is 0 Å². The summed E-state index contributed by atoms with van der Waals surface area (Å²) in [6, 6.07) is 7.17. The van der Waals surface area contributed by atoms with E-state index in [0.29, 0.717) is 10.9 Å². The maximum atomic E-state index is 11.3. The van der Waals surface area contributed by atoms with Gasteiger partial charge in [0.1, 0.15) is 0 Å². The van der Waals surface area contributed by atoms with E-state index in [1.54, 1.807) is 19.1 Å². The van der Waals surface area contributed by atoms with Gasteiger partial charge in [-0.2, -0.15) is 0 Å². The fourth-order valence-electron chi connectivity index (χ4n) is 1.81. The van der Waals surface area contributed by atoms with E-state index >= 15 is 0 Å². The first-order valence-electron chi connectivity index (χ1n) is 5.75. The minimum Gasteiger partial charge on any atom is -0.478 e.